The van der Waals surface area contributed by atoms with E-state index in [9.17, 15) is 10.1 Å². The van der Waals surface area contributed by atoms with Gasteiger partial charge in [0, 0.05) is 4.88 Å². The number of amides is 1. The van der Waals surface area contributed by atoms with Gasteiger partial charge in [-0.3, -0.25) is 4.79 Å². The number of aryl methyl sites for hydroxylation is 1. The molecule has 0 fully saturated rings. The van der Waals surface area contributed by atoms with Gasteiger partial charge in [-0.2, -0.15) is 5.26 Å². The number of aromatic nitrogens is 1. The van der Waals surface area contributed by atoms with E-state index in [1.807, 2.05) is 31.2 Å². The highest BCUT2D eigenvalue weighted by molar-refractivity contribution is 8.02. The summed E-state index contributed by atoms with van der Waals surface area (Å²) >= 11 is 4.70. The highest BCUT2D eigenvalue weighted by Crippen LogP contribution is 2.39. The summed E-state index contributed by atoms with van der Waals surface area (Å²) in [4.78, 5) is 18.8. The van der Waals surface area contributed by atoms with E-state index in [0.29, 0.717) is 12.0 Å². The third-order valence-corrected chi connectivity index (χ3v) is 8.40. The van der Waals surface area contributed by atoms with E-state index in [1.54, 1.807) is 22.7 Å². The van der Waals surface area contributed by atoms with E-state index in [0.717, 1.165) is 50.8 Å². The summed E-state index contributed by atoms with van der Waals surface area (Å²) in [5.74, 6) is -0.0446. The Morgan fingerprint density at radius 3 is 2.93 bits per heavy atom. The van der Waals surface area contributed by atoms with E-state index >= 15 is 0 Å². The number of hydrogen-bond donors (Lipinski definition) is 1. The molecule has 1 amide bonds. The Morgan fingerprint density at radius 2 is 2.15 bits per heavy atom. The summed E-state index contributed by atoms with van der Waals surface area (Å²) in [5.41, 5.74) is 2.79. The maximum absolute atomic E-state index is 12.9. The van der Waals surface area contributed by atoms with E-state index in [2.05, 4.69) is 16.4 Å². The number of nitrogens with one attached hydrogen (secondary N) is 1. The van der Waals surface area contributed by atoms with Crippen LogP contribution in [0.1, 0.15) is 42.2 Å². The second-order valence-electron chi connectivity index (χ2n) is 6.48. The third-order valence-electron chi connectivity index (χ3n) is 4.70. The average Bonchev–Trinajstić information content (AvgIpc) is 3.25. The number of thiophene rings is 1. The van der Waals surface area contributed by atoms with Gasteiger partial charge >= 0.3 is 0 Å². The van der Waals surface area contributed by atoms with Gasteiger partial charge < -0.3 is 5.32 Å². The molecule has 4 rings (SSSR count). The van der Waals surface area contributed by atoms with Crippen LogP contribution in [-0.4, -0.2) is 16.1 Å². The fourth-order valence-electron chi connectivity index (χ4n) is 3.31. The van der Waals surface area contributed by atoms with Gasteiger partial charge in [0.15, 0.2) is 4.34 Å². The molecule has 27 heavy (non-hydrogen) atoms. The van der Waals surface area contributed by atoms with Crippen molar-refractivity contribution in [3.63, 3.8) is 0 Å². The Labute approximate surface area is 170 Å². The lowest BCUT2D eigenvalue weighted by atomic mass is 9.96. The van der Waals surface area contributed by atoms with E-state index in [4.69, 9.17) is 0 Å². The van der Waals surface area contributed by atoms with Crippen molar-refractivity contribution in [1.29, 1.82) is 5.26 Å². The van der Waals surface area contributed by atoms with Crippen molar-refractivity contribution in [2.45, 2.75) is 48.6 Å². The zero-order valence-corrected chi connectivity index (χ0v) is 17.4. The molecule has 1 atom stereocenters. The van der Waals surface area contributed by atoms with Gasteiger partial charge in [-0.05, 0) is 49.8 Å². The molecule has 138 valence electrons. The van der Waals surface area contributed by atoms with Crippen molar-refractivity contribution < 1.29 is 4.79 Å². The van der Waals surface area contributed by atoms with E-state index in [-0.39, 0.29) is 11.2 Å². The fraction of sp³-hybridized carbons (Fsp3) is 0.350. The molecule has 2 heterocycles. The molecule has 0 spiro atoms. The number of carbonyl (C=O) groups is 1. The van der Waals surface area contributed by atoms with Gasteiger partial charge in [0.25, 0.3) is 0 Å². The minimum absolute atomic E-state index is 0.0446. The number of fused-ring (bicyclic) bond motifs is 2. The summed E-state index contributed by atoms with van der Waals surface area (Å²) in [6, 6.07) is 10.3. The van der Waals surface area contributed by atoms with Gasteiger partial charge in [0.1, 0.15) is 11.1 Å². The Balaban J connectivity index is 1.52. The molecule has 0 aliphatic heterocycles. The first-order valence-corrected chi connectivity index (χ1v) is 11.6. The van der Waals surface area contributed by atoms with Crippen LogP contribution in [0.2, 0.25) is 0 Å². The van der Waals surface area contributed by atoms with E-state index in [1.165, 1.54) is 16.6 Å². The zero-order chi connectivity index (χ0) is 18.8. The van der Waals surface area contributed by atoms with Crippen LogP contribution in [-0.2, 0) is 17.6 Å². The number of carbonyl (C=O) groups excluding carboxylic acids is 1. The number of rotatable bonds is 5. The highest BCUT2D eigenvalue weighted by Gasteiger charge is 2.25. The van der Waals surface area contributed by atoms with Gasteiger partial charge in [-0.25, -0.2) is 4.98 Å². The Hall–Kier alpha value is -1.88. The van der Waals surface area contributed by atoms with Crippen LogP contribution in [0.5, 0.6) is 0 Å². The molecule has 0 bridgehead atoms. The largest absolute Gasteiger partial charge is 0.316 e. The lowest BCUT2D eigenvalue weighted by molar-refractivity contribution is -0.115. The first-order chi connectivity index (χ1) is 13.2. The summed E-state index contributed by atoms with van der Waals surface area (Å²) in [7, 11) is 0. The van der Waals surface area contributed by atoms with Crippen molar-refractivity contribution in [3.8, 4) is 6.07 Å². The molecule has 1 aliphatic rings. The number of nitrogens with zero attached hydrogens (tertiary/aromatic N) is 2. The monoisotopic (exact) mass is 413 g/mol. The maximum Gasteiger partial charge on any atom is 0.238 e. The second-order valence-corrected chi connectivity index (χ2v) is 10.1. The Bertz CT molecular complexity index is 998. The average molecular weight is 414 g/mol. The number of nitriles is 1. The van der Waals surface area contributed by atoms with Gasteiger partial charge in [-0.15, -0.1) is 22.7 Å². The minimum Gasteiger partial charge on any atom is -0.316 e. The lowest BCUT2D eigenvalue weighted by Gasteiger charge is -2.12. The van der Waals surface area contributed by atoms with Crippen LogP contribution in [0.25, 0.3) is 10.2 Å². The van der Waals surface area contributed by atoms with Crippen molar-refractivity contribution in [2.75, 3.05) is 5.32 Å². The first-order valence-electron chi connectivity index (χ1n) is 9.07. The number of thioether (sulfide) groups is 1. The summed E-state index contributed by atoms with van der Waals surface area (Å²) in [5, 5.41) is 13.1. The molecule has 0 radical (unpaired) electrons. The topological polar surface area (TPSA) is 65.8 Å². The number of hydrogen-bond acceptors (Lipinski definition) is 6. The van der Waals surface area contributed by atoms with Crippen LogP contribution in [0.4, 0.5) is 5.00 Å². The van der Waals surface area contributed by atoms with E-state index < -0.39 is 0 Å². The number of thiazole rings is 1. The van der Waals surface area contributed by atoms with Crippen LogP contribution >= 0.6 is 34.4 Å². The molecule has 1 aromatic carbocycles. The molecule has 0 saturated heterocycles. The smallest absolute Gasteiger partial charge is 0.238 e. The van der Waals surface area contributed by atoms with Gasteiger partial charge in [-0.1, -0.05) is 30.8 Å². The zero-order valence-electron chi connectivity index (χ0n) is 14.9. The number of benzene rings is 1. The molecule has 1 aliphatic carbocycles. The van der Waals surface area contributed by atoms with Gasteiger partial charge in [0.05, 0.1) is 21.0 Å². The van der Waals surface area contributed by atoms with Crippen molar-refractivity contribution in [3.05, 3.63) is 40.3 Å². The van der Waals surface area contributed by atoms with Crippen LogP contribution in [0.3, 0.4) is 0 Å². The summed E-state index contributed by atoms with van der Waals surface area (Å²) in [6.45, 7) is 2.01. The second kappa shape index (κ2) is 8.01. The molecular weight excluding hydrogens is 394 g/mol. The minimum atomic E-state index is -0.226. The van der Waals surface area contributed by atoms with Crippen LogP contribution < -0.4 is 5.32 Å². The number of anilines is 1. The number of para-hydroxylation sites is 1. The predicted octanol–water partition coefficient (Wildman–Crippen LogP) is 5.62. The van der Waals surface area contributed by atoms with Crippen molar-refractivity contribution in [1.82, 2.24) is 4.98 Å². The van der Waals surface area contributed by atoms with Gasteiger partial charge in [0.2, 0.25) is 5.91 Å². The Kier molecular flexibility index (Phi) is 5.48. The lowest BCUT2D eigenvalue weighted by Crippen LogP contribution is -2.24. The fourth-order valence-corrected chi connectivity index (χ4v) is 6.79. The molecule has 4 nitrogen and oxygen atoms in total. The third kappa shape index (κ3) is 3.75. The van der Waals surface area contributed by atoms with Crippen molar-refractivity contribution in [2.24, 2.45) is 0 Å². The Morgan fingerprint density at radius 1 is 1.33 bits per heavy atom. The highest BCUT2D eigenvalue weighted by atomic mass is 32.2. The standard InChI is InChI=1S/C20H19N3OS3/c1-2-15(26-20-22-14-8-4-6-10-17(14)27-20)18(24)23-19-13(11-21)12-7-3-5-9-16(12)25-19/h4,6,8,10,15H,2-3,5,7,9H2,1H3,(H,23,24). The first kappa shape index (κ1) is 18.5. The molecule has 1 N–H and O–H groups in total. The molecule has 0 saturated carbocycles. The summed E-state index contributed by atoms with van der Waals surface area (Å²) < 4.78 is 2.04. The predicted molar refractivity (Wildman–Crippen MR) is 114 cm³/mol. The van der Waals surface area contributed by atoms with Crippen LogP contribution in [0, 0.1) is 11.3 Å². The molecule has 1 unspecified atom stereocenters. The molecule has 7 heteroatoms. The molecular formula is C20H19N3OS3. The molecule has 3 aromatic rings. The normalized spacial score (nSPS) is 14.5. The SMILES string of the molecule is CCC(Sc1nc2ccccc2s1)C(=O)Nc1sc2c(c1C#N)CCCC2. The summed E-state index contributed by atoms with van der Waals surface area (Å²) in [6.07, 6.45) is 4.96. The quantitative estimate of drug-likeness (QED) is 0.552. The van der Waals surface area contributed by atoms with Crippen molar-refractivity contribution >= 4 is 55.6 Å². The maximum atomic E-state index is 12.9. The van der Waals surface area contributed by atoms with Crippen LogP contribution in [0.15, 0.2) is 28.6 Å². The molecule has 2 aromatic heterocycles.